The van der Waals surface area contributed by atoms with Gasteiger partial charge < -0.3 is 20.6 Å². The van der Waals surface area contributed by atoms with E-state index in [-0.39, 0.29) is 12.8 Å². The van der Waals surface area contributed by atoms with E-state index in [2.05, 4.69) is 5.32 Å². The molecule has 4 N–H and O–H groups in total. The maximum Gasteiger partial charge on any atom is 0.394 e. The lowest BCUT2D eigenvalue weighted by atomic mass is 9.97. The van der Waals surface area contributed by atoms with Gasteiger partial charge in [-0.1, -0.05) is 54.1 Å². The second-order valence-corrected chi connectivity index (χ2v) is 6.35. The fourth-order valence-corrected chi connectivity index (χ4v) is 2.86. The van der Waals surface area contributed by atoms with Crippen LogP contribution in [0.5, 0.6) is 0 Å². The molecule has 0 saturated carbocycles. The van der Waals surface area contributed by atoms with Crippen LogP contribution < -0.4 is 5.32 Å². The molecule has 1 amide bonds. The maximum atomic E-state index is 11.4. The SMILES string of the molecule is O=C(O)C(=O)N[C@H](Cc1ccc(-c2ccccc2)cc1Cl)CC(O)C(=O)O. The van der Waals surface area contributed by atoms with Crippen molar-refractivity contribution in [3.8, 4) is 11.1 Å². The van der Waals surface area contributed by atoms with E-state index in [0.717, 1.165) is 11.1 Å². The van der Waals surface area contributed by atoms with Gasteiger partial charge in [-0.25, -0.2) is 9.59 Å². The number of aliphatic carboxylic acids is 2. The van der Waals surface area contributed by atoms with Crippen molar-refractivity contribution in [3.05, 3.63) is 59.1 Å². The van der Waals surface area contributed by atoms with E-state index in [0.29, 0.717) is 10.6 Å². The van der Waals surface area contributed by atoms with E-state index in [9.17, 15) is 19.5 Å². The Morgan fingerprint density at radius 1 is 1.00 bits per heavy atom. The summed E-state index contributed by atoms with van der Waals surface area (Å²) in [7, 11) is 0. The van der Waals surface area contributed by atoms with Crippen LogP contribution in [-0.4, -0.2) is 45.3 Å². The largest absolute Gasteiger partial charge is 0.479 e. The number of hydrogen-bond donors (Lipinski definition) is 4. The van der Waals surface area contributed by atoms with Crippen molar-refractivity contribution in [1.82, 2.24) is 5.32 Å². The maximum absolute atomic E-state index is 11.4. The Hall–Kier alpha value is -2.90. The Labute approximate surface area is 160 Å². The van der Waals surface area contributed by atoms with Crippen molar-refractivity contribution in [3.63, 3.8) is 0 Å². The minimum Gasteiger partial charge on any atom is -0.479 e. The Balaban J connectivity index is 2.21. The molecule has 0 aliphatic carbocycles. The van der Waals surface area contributed by atoms with Crippen LogP contribution in [0.3, 0.4) is 0 Å². The summed E-state index contributed by atoms with van der Waals surface area (Å²) in [6, 6.07) is 13.9. The first kappa shape index (κ1) is 20.4. The zero-order chi connectivity index (χ0) is 20.0. The molecule has 0 saturated heterocycles. The molecule has 27 heavy (non-hydrogen) atoms. The van der Waals surface area contributed by atoms with Crippen LogP contribution in [0, 0.1) is 0 Å². The van der Waals surface area contributed by atoms with Gasteiger partial charge in [-0.15, -0.1) is 0 Å². The number of rotatable bonds is 7. The van der Waals surface area contributed by atoms with Gasteiger partial charge in [0.15, 0.2) is 6.10 Å². The number of carbonyl (C=O) groups excluding carboxylic acids is 1. The Morgan fingerprint density at radius 2 is 1.67 bits per heavy atom. The predicted octanol–water partition coefficient (Wildman–Crippen LogP) is 1.95. The molecule has 0 aromatic heterocycles. The molecule has 142 valence electrons. The molecule has 0 radical (unpaired) electrons. The highest BCUT2D eigenvalue weighted by Gasteiger charge is 2.24. The monoisotopic (exact) mass is 391 g/mol. The van der Waals surface area contributed by atoms with Gasteiger partial charge >= 0.3 is 17.8 Å². The number of carboxylic acids is 2. The van der Waals surface area contributed by atoms with Gasteiger partial charge in [0.05, 0.1) is 0 Å². The van der Waals surface area contributed by atoms with E-state index in [1.54, 1.807) is 12.1 Å². The molecule has 0 bridgehead atoms. The summed E-state index contributed by atoms with van der Waals surface area (Å²) in [6.45, 7) is 0. The first-order valence-electron chi connectivity index (χ1n) is 8.06. The number of nitrogens with one attached hydrogen (secondary N) is 1. The summed E-state index contributed by atoms with van der Waals surface area (Å²) < 4.78 is 0. The molecule has 2 aromatic carbocycles. The average Bonchev–Trinajstić information content (AvgIpc) is 2.63. The topological polar surface area (TPSA) is 124 Å². The third kappa shape index (κ3) is 5.80. The third-order valence-electron chi connectivity index (χ3n) is 3.95. The van der Waals surface area contributed by atoms with Crippen LogP contribution >= 0.6 is 11.6 Å². The van der Waals surface area contributed by atoms with Crippen molar-refractivity contribution < 1.29 is 29.7 Å². The van der Waals surface area contributed by atoms with Gasteiger partial charge in [0.25, 0.3) is 0 Å². The number of aliphatic hydroxyl groups is 1. The van der Waals surface area contributed by atoms with Crippen LogP contribution in [0.25, 0.3) is 11.1 Å². The number of carboxylic acid groups (broad SMARTS) is 2. The Bertz CT molecular complexity index is 839. The predicted molar refractivity (Wildman–Crippen MR) is 98.4 cm³/mol. The van der Waals surface area contributed by atoms with Gasteiger partial charge in [0, 0.05) is 17.5 Å². The third-order valence-corrected chi connectivity index (χ3v) is 4.30. The Morgan fingerprint density at radius 3 is 2.22 bits per heavy atom. The molecule has 2 aromatic rings. The van der Waals surface area contributed by atoms with Crippen molar-refractivity contribution in [2.45, 2.75) is 25.0 Å². The summed E-state index contributed by atoms with van der Waals surface area (Å²) in [4.78, 5) is 33.1. The molecule has 0 fully saturated rings. The number of carbonyl (C=O) groups is 3. The van der Waals surface area contributed by atoms with Crippen molar-refractivity contribution in [1.29, 1.82) is 0 Å². The molecule has 0 spiro atoms. The summed E-state index contributed by atoms with van der Waals surface area (Å²) >= 11 is 6.31. The van der Waals surface area contributed by atoms with Crippen LogP contribution in [0.2, 0.25) is 5.02 Å². The van der Waals surface area contributed by atoms with E-state index in [4.69, 9.17) is 21.8 Å². The molecule has 7 nitrogen and oxygen atoms in total. The molecule has 0 heterocycles. The van der Waals surface area contributed by atoms with Gasteiger partial charge in [-0.2, -0.15) is 0 Å². The molecule has 0 aliphatic rings. The first-order valence-corrected chi connectivity index (χ1v) is 8.44. The molecular formula is C19H18ClNO6. The zero-order valence-electron chi connectivity index (χ0n) is 14.1. The minimum atomic E-state index is -1.74. The van der Waals surface area contributed by atoms with Crippen LogP contribution in [0.15, 0.2) is 48.5 Å². The summed E-state index contributed by atoms with van der Waals surface area (Å²) in [5.41, 5.74) is 2.42. The fraction of sp³-hybridized carbons (Fsp3) is 0.211. The Kier molecular flexibility index (Phi) is 6.92. The van der Waals surface area contributed by atoms with Gasteiger partial charge in [0.2, 0.25) is 0 Å². The van der Waals surface area contributed by atoms with Crippen molar-refractivity contribution in [2.24, 2.45) is 0 Å². The molecular weight excluding hydrogens is 374 g/mol. The lowest BCUT2D eigenvalue weighted by Crippen LogP contribution is -2.43. The molecule has 8 heteroatoms. The van der Waals surface area contributed by atoms with Crippen molar-refractivity contribution in [2.75, 3.05) is 0 Å². The summed E-state index contributed by atoms with van der Waals surface area (Å²) in [5.74, 6) is -4.44. The second-order valence-electron chi connectivity index (χ2n) is 5.94. The van der Waals surface area contributed by atoms with Crippen LogP contribution in [0.1, 0.15) is 12.0 Å². The number of hydrogen-bond acceptors (Lipinski definition) is 4. The first-order chi connectivity index (χ1) is 12.8. The lowest BCUT2D eigenvalue weighted by Gasteiger charge is -2.20. The van der Waals surface area contributed by atoms with Gasteiger partial charge in [0.1, 0.15) is 0 Å². The summed E-state index contributed by atoms with van der Waals surface area (Å²) in [5, 5.41) is 29.7. The molecule has 0 aliphatic heterocycles. The highest BCUT2D eigenvalue weighted by Crippen LogP contribution is 2.26. The highest BCUT2D eigenvalue weighted by molar-refractivity contribution is 6.32. The highest BCUT2D eigenvalue weighted by atomic mass is 35.5. The van der Waals surface area contributed by atoms with E-state index >= 15 is 0 Å². The number of aliphatic hydroxyl groups excluding tert-OH is 1. The normalized spacial score (nSPS) is 12.8. The van der Waals surface area contributed by atoms with E-state index in [1.807, 2.05) is 36.4 Å². The second kappa shape index (κ2) is 9.16. The molecule has 2 atom stereocenters. The number of halogens is 1. The number of amides is 1. The van der Waals surface area contributed by atoms with Gasteiger partial charge in [-0.05, 0) is 29.2 Å². The fourth-order valence-electron chi connectivity index (χ4n) is 2.60. The van der Waals surface area contributed by atoms with Gasteiger partial charge in [-0.3, -0.25) is 4.79 Å². The minimum absolute atomic E-state index is 0.0667. The van der Waals surface area contributed by atoms with E-state index in [1.165, 1.54) is 0 Å². The van der Waals surface area contributed by atoms with E-state index < -0.39 is 30.0 Å². The van der Waals surface area contributed by atoms with Crippen molar-refractivity contribution >= 4 is 29.4 Å². The average molecular weight is 392 g/mol. The standard InChI is InChI=1S/C19H18ClNO6/c20-15-9-12(11-4-2-1-3-5-11)6-7-13(15)8-14(10-16(22)18(24)25)21-17(23)19(26)27/h1-7,9,14,16,22H,8,10H2,(H,21,23)(H,24,25)(H,26,27)/t14-,16?/m1/s1. The van der Waals surface area contributed by atoms with Crippen LogP contribution in [0.4, 0.5) is 0 Å². The molecule has 1 unspecified atom stereocenters. The van der Waals surface area contributed by atoms with Crippen LogP contribution in [-0.2, 0) is 20.8 Å². The summed E-state index contributed by atoms with van der Waals surface area (Å²) in [6.07, 6.45) is -2.03. The number of benzene rings is 2. The zero-order valence-corrected chi connectivity index (χ0v) is 14.9. The quantitative estimate of drug-likeness (QED) is 0.535. The lowest BCUT2D eigenvalue weighted by molar-refractivity contribution is -0.151. The molecule has 2 rings (SSSR count). The smallest absolute Gasteiger partial charge is 0.394 e.